The number of nitrogens with zero attached hydrogens (tertiary/aromatic N) is 2. The maximum absolute atomic E-state index is 4.83. The van der Waals surface area contributed by atoms with E-state index in [0.717, 1.165) is 11.6 Å². The third kappa shape index (κ3) is 2.59. The van der Waals surface area contributed by atoms with Crippen molar-refractivity contribution < 1.29 is 0 Å². The summed E-state index contributed by atoms with van der Waals surface area (Å²) in [6.45, 7) is 4.59. The molecule has 0 unspecified atom stereocenters. The lowest BCUT2D eigenvalue weighted by atomic mass is 9.94. The van der Waals surface area contributed by atoms with Crippen LogP contribution in [0.15, 0.2) is 18.2 Å². The lowest BCUT2D eigenvalue weighted by molar-refractivity contribution is 0.189. The van der Waals surface area contributed by atoms with Crippen molar-refractivity contribution in [3.05, 3.63) is 29.6 Å². The number of nitrogens with one attached hydrogen (secondary N) is 1. The first-order valence-electron chi connectivity index (χ1n) is 8.50. The van der Waals surface area contributed by atoms with Crippen LogP contribution in [0.5, 0.6) is 0 Å². The van der Waals surface area contributed by atoms with Crippen LogP contribution in [0.4, 0.5) is 0 Å². The fourth-order valence-corrected chi connectivity index (χ4v) is 4.12. The number of hydrogen-bond donors (Lipinski definition) is 1. The highest BCUT2D eigenvalue weighted by molar-refractivity contribution is 5.75. The van der Waals surface area contributed by atoms with E-state index in [0.29, 0.717) is 5.92 Å². The van der Waals surface area contributed by atoms with Gasteiger partial charge in [0.15, 0.2) is 0 Å². The van der Waals surface area contributed by atoms with Gasteiger partial charge in [0, 0.05) is 18.5 Å². The number of imidazole rings is 1. The van der Waals surface area contributed by atoms with Gasteiger partial charge in [0.1, 0.15) is 5.82 Å². The van der Waals surface area contributed by atoms with Crippen molar-refractivity contribution in [2.24, 2.45) is 0 Å². The standard InChI is InChI=1S/C18H25N3/c1-13-7-8-16-17(11-13)20-18(19-16)14-9-10-21(12-14)15-5-3-2-4-6-15/h7-8,11,14-15H,2-6,9-10,12H2,1H3,(H,19,20)/t14-/m0/s1. The van der Waals surface area contributed by atoms with Gasteiger partial charge in [-0.2, -0.15) is 0 Å². The Balaban J connectivity index is 1.50. The van der Waals surface area contributed by atoms with Crippen molar-refractivity contribution in [2.45, 2.75) is 57.4 Å². The monoisotopic (exact) mass is 283 g/mol. The van der Waals surface area contributed by atoms with Gasteiger partial charge in [0.25, 0.3) is 0 Å². The first-order valence-corrected chi connectivity index (χ1v) is 8.50. The molecule has 1 saturated heterocycles. The molecular weight excluding hydrogens is 258 g/mol. The van der Waals surface area contributed by atoms with E-state index >= 15 is 0 Å². The van der Waals surface area contributed by atoms with E-state index in [1.165, 1.54) is 68.5 Å². The molecule has 21 heavy (non-hydrogen) atoms. The van der Waals surface area contributed by atoms with Crippen LogP contribution in [-0.2, 0) is 0 Å². The predicted octanol–water partition coefficient (Wildman–Crippen LogP) is 3.99. The minimum Gasteiger partial charge on any atom is -0.342 e. The Labute approximate surface area is 126 Å². The molecule has 112 valence electrons. The number of rotatable bonds is 2. The Morgan fingerprint density at radius 2 is 2.00 bits per heavy atom. The molecule has 2 aromatic rings. The van der Waals surface area contributed by atoms with E-state index in [1.807, 2.05) is 0 Å². The fourth-order valence-electron chi connectivity index (χ4n) is 4.12. The van der Waals surface area contributed by atoms with E-state index in [2.05, 4.69) is 35.0 Å². The van der Waals surface area contributed by atoms with Crippen LogP contribution in [0.2, 0.25) is 0 Å². The van der Waals surface area contributed by atoms with Gasteiger partial charge in [-0.25, -0.2) is 4.98 Å². The lowest BCUT2D eigenvalue weighted by Crippen LogP contribution is -2.34. The number of fused-ring (bicyclic) bond motifs is 1. The van der Waals surface area contributed by atoms with Gasteiger partial charge in [-0.1, -0.05) is 25.3 Å². The van der Waals surface area contributed by atoms with E-state index < -0.39 is 0 Å². The summed E-state index contributed by atoms with van der Waals surface area (Å²) in [5.74, 6) is 1.80. The van der Waals surface area contributed by atoms with Crippen LogP contribution in [0.1, 0.15) is 55.8 Å². The average molecular weight is 283 g/mol. The second-order valence-corrected chi connectivity index (χ2v) is 6.92. The van der Waals surface area contributed by atoms with Crippen LogP contribution in [0.3, 0.4) is 0 Å². The Bertz CT molecular complexity index is 624. The van der Waals surface area contributed by atoms with Crippen molar-refractivity contribution in [2.75, 3.05) is 13.1 Å². The summed E-state index contributed by atoms with van der Waals surface area (Å²) in [6, 6.07) is 7.34. The third-order valence-corrected chi connectivity index (χ3v) is 5.35. The molecule has 0 amide bonds. The molecule has 0 spiro atoms. The number of likely N-dealkylation sites (tertiary alicyclic amines) is 1. The zero-order chi connectivity index (χ0) is 14.2. The molecule has 0 radical (unpaired) electrons. The van der Waals surface area contributed by atoms with Gasteiger partial charge in [0.05, 0.1) is 11.0 Å². The second-order valence-electron chi connectivity index (χ2n) is 6.92. The molecule has 1 aliphatic carbocycles. The zero-order valence-corrected chi connectivity index (χ0v) is 12.9. The summed E-state index contributed by atoms with van der Waals surface area (Å²) in [5, 5.41) is 0. The second kappa shape index (κ2) is 5.45. The molecule has 2 heterocycles. The highest BCUT2D eigenvalue weighted by Gasteiger charge is 2.31. The number of aryl methyl sites for hydroxylation is 1. The molecule has 1 aromatic carbocycles. The number of aromatic nitrogens is 2. The Kier molecular flexibility index (Phi) is 3.46. The molecule has 1 atom stereocenters. The number of hydrogen-bond acceptors (Lipinski definition) is 2. The Morgan fingerprint density at radius 3 is 2.86 bits per heavy atom. The molecule has 1 N–H and O–H groups in total. The average Bonchev–Trinajstić information content (AvgIpc) is 3.14. The highest BCUT2D eigenvalue weighted by atomic mass is 15.2. The fraction of sp³-hybridized carbons (Fsp3) is 0.611. The molecule has 4 rings (SSSR count). The van der Waals surface area contributed by atoms with Crippen molar-refractivity contribution in [3.63, 3.8) is 0 Å². The van der Waals surface area contributed by atoms with E-state index in [9.17, 15) is 0 Å². The molecule has 3 heteroatoms. The lowest BCUT2D eigenvalue weighted by Gasteiger charge is -2.30. The Morgan fingerprint density at radius 1 is 1.14 bits per heavy atom. The topological polar surface area (TPSA) is 31.9 Å². The van der Waals surface area contributed by atoms with Crippen LogP contribution in [0, 0.1) is 6.92 Å². The number of benzene rings is 1. The van der Waals surface area contributed by atoms with Crippen molar-refractivity contribution in [3.8, 4) is 0 Å². The van der Waals surface area contributed by atoms with Gasteiger partial charge in [0.2, 0.25) is 0 Å². The summed E-state index contributed by atoms with van der Waals surface area (Å²) in [4.78, 5) is 11.1. The van der Waals surface area contributed by atoms with Gasteiger partial charge in [-0.3, -0.25) is 4.90 Å². The summed E-state index contributed by atoms with van der Waals surface area (Å²) >= 11 is 0. The number of aromatic amines is 1. The van der Waals surface area contributed by atoms with Crippen molar-refractivity contribution in [1.82, 2.24) is 14.9 Å². The van der Waals surface area contributed by atoms with Crippen LogP contribution in [0.25, 0.3) is 11.0 Å². The highest BCUT2D eigenvalue weighted by Crippen LogP contribution is 2.32. The van der Waals surface area contributed by atoms with Gasteiger partial charge >= 0.3 is 0 Å². The number of H-pyrrole nitrogens is 1. The minimum absolute atomic E-state index is 0.597. The molecule has 1 saturated carbocycles. The normalized spacial score (nSPS) is 24.9. The van der Waals surface area contributed by atoms with E-state index in [1.54, 1.807) is 0 Å². The quantitative estimate of drug-likeness (QED) is 0.903. The molecule has 2 aliphatic rings. The summed E-state index contributed by atoms with van der Waals surface area (Å²) < 4.78 is 0. The summed E-state index contributed by atoms with van der Waals surface area (Å²) in [5.41, 5.74) is 3.61. The summed E-state index contributed by atoms with van der Waals surface area (Å²) in [7, 11) is 0. The maximum Gasteiger partial charge on any atom is 0.111 e. The van der Waals surface area contributed by atoms with Gasteiger partial charge in [-0.05, 0) is 50.4 Å². The summed E-state index contributed by atoms with van der Waals surface area (Å²) in [6.07, 6.45) is 8.37. The zero-order valence-electron chi connectivity index (χ0n) is 12.9. The Hall–Kier alpha value is -1.35. The molecule has 1 aliphatic heterocycles. The molecule has 0 bridgehead atoms. The molecule has 1 aromatic heterocycles. The van der Waals surface area contributed by atoms with Gasteiger partial charge < -0.3 is 4.98 Å². The molecule has 2 fully saturated rings. The van der Waals surface area contributed by atoms with Crippen molar-refractivity contribution in [1.29, 1.82) is 0 Å². The van der Waals surface area contributed by atoms with Crippen LogP contribution < -0.4 is 0 Å². The predicted molar refractivity (Wildman–Crippen MR) is 86.6 cm³/mol. The smallest absolute Gasteiger partial charge is 0.111 e. The van der Waals surface area contributed by atoms with E-state index in [-0.39, 0.29) is 0 Å². The first kappa shape index (κ1) is 13.3. The first-order chi connectivity index (χ1) is 10.3. The van der Waals surface area contributed by atoms with Crippen molar-refractivity contribution >= 4 is 11.0 Å². The van der Waals surface area contributed by atoms with E-state index in [4.69, 9.17) is 4.98 Å². The van der Waals surface area contributed by atoms with Crippen LogP contribution >= 0.6 is 0 Å². The van der Waals surface area contributed by atoms with Crippen LogP contribution in [-0.4, -0.2) is 34.0 Å². The van der Waals surface area contributed by atoms with Gasteiger partial charge in [-0.15, -0.1) is 0 Å². The minimum atomic E-state index is 0.597. The molecule has 3 nitrogen and oxygen atoms in total. The molecular formula is C18H25N3. The maximum atomic E-state index is 4.83. The SMILES string of the molecule is Cc1ccc2nc([C@H]3CCN(C4CCCCC4)C3)[nH]c2c1. The third-order valence-electron chi connectivity index (χ3n) is 5.35. The largest absolute Gasteiger partial charge is 0.342 e.